The Hall–Kier alpha value is -1.67. The van der Waals surface area contributed by atoms with Gasteiger partial charge in [0, 0.05) is 18.2 Å². The van der Waals surface area contributed by atoms with Crippen LogP contribution >= 0.6 is 0 Å². The molecule has 1 atom stereocenters. The van der Waals surface area contributed by atoms with Gasteiger partial charge in [-0.05, 0) is 30.9 Å². The van der Waals surface area contributed by atoms with Crippen LogP contribution in [0.2, 0.25) is 0 Å². The van der Waals surface area contributed by atoms with E-state index in [1.807, 2.05) is 25.1 Å². The Balaban J connectivity index is 2.10. The summed E-state index contributed by atoms with van der Waals surface area (Å²) in [5.74, 6) is 0.453. The van der Waals surface area contributed by atoms with Crippen LogP contribution in [-0.2, 0) is 6.54 Å². The highest BCUT2D eigenvalue weighted by Crippen LogP contribution is 2.22. The van der Waals surface area contributed by atoms with Crippen molar-refractivity contribution in [1.82, 2.24) is 5.32 Å². The summed E-state index contributed by atoms with van der Waals surface area (Å²) >= 11 is 0. The van der Waals surface area contributed by atoms with E-state index < -0.39 is 0 Å². The highest BCUT2D eigenvalue weighted by molar-refractivity contribution is 5.25. The lowest BCUT2D eigenvalue weighted by Crippen LogP contribution is -2.23. The largest absolute Gasteiger partial charge is 0.306 e. The second kappa shape index (κ2) is 7.37. The molecule has 0 radical (unpaired) electrons. The zero-order chi connectivity index (χ0) is 15.2. The second-order valence-corrected chi connectivity index (χ2v) is 6.07. The van der Waals surface area contributed by atoms with Crippen molar-refractivity contribution in [3.8, 4) is 0 Å². The predicted molar refractivity (Wildman–Crippen MR) is 86.6 cm³/mol. The predicted octanol–water partition coefficient (Wildman–Crippen LogP) is 5.01. The van der Waals surface area contributed by atoms with E-state index in [9.17, 15) is 4.39 Å². The Labute approximate surface area is 127 Å². The molecule has 21 heavy (non-hydrogen) atoms. The Morgan fingerprint density at radius 2 is 1.76 bits per heavy atom. The van der Waals surface area contributed by atoms with Gasteiger partial charge in [0.15, 0.2) is 0 Å². The molecule has 0 aliphatic heterocycles. The second-order valence-electron chi connectivity index (χ2n) is 6.07. The highest BCUT2D eigenvalue weighted by atomic mass is 19.1. The molecule has 0 fully saturated rings. The normalized spacial score (nSPS) is 12.6. The Morgan fingerprint density at radius 1 is 1.05 bits per heavy atom. The van der Waals surface area contributed by atoms with E-state index >= 15 is 0 Å². The van der Waals surface area contributed by atoms with Gasteiger partial charge in [0.1, 0.15) is 5.82 Å². The van der Waals surface area contributed by atoms with Gasteiger partial charge in [-0.2, -0.15) is 0 Å². The van der Waals surface area contributed by atoms with Crippen molar-refractivity contribution >= 4 is 0 Å². The monoisotopic (exact) mass is 285 g/mol. The molecule has 1 unspecified atom stereocenters. The third-order valence-corrected chi connectivity index (χ3v) is 3.65. The molecule has 2 aromatic rings. The van der Waals surface area contributed by atoms with E-state index in [0.29, 0.717) is 12.5 Å². The molecule has 0 aliphatic carbocycles. The van der Waals surface area contributed by atoms with Crippen LogP contribution in [0.15, 0.2) is 48.5 Å². The molecule has 112 valence electrons. The van der Waals surface area contributed by atoms with Crippen molar-refractivity contribution in [1.29, 1.82) is 0 Å². The maximum atomic E-state index is 13.8. The lowest BCUT2D eigenvalue weighted by Gasteiger charge is -2.21. The topological polar surface area (TPSA) is 12.0 Å². The van der Waals surface area contributed by atoms with Crippen LogP contribution in [0.1, 0.15) is 43.0 Å². The number of rotatable bonds is 6. The van der Waals surface area contributed by atoms with E-state index in [1.165, 1.54) is 5.56 Å². The minimum atomic E-state index is -0.135. The molecule has 0 aromatic heterocycles. The Morgan fingerprint density at radius 3 is 2.43 bits per heavy atom. The van der Waals surface area contributed by atoms with Crippen LogP contribution < -0.4 is 5.32 Å². The minimum absolute atomic E-state index is 0.135. The van der Waals surface area contributed by atoms with Crippen molar-refractivity contribution in [2.24, 2.45) is 5.92 Å². The summed E-state index contributed by atoms with van der Waals surface area (Å²) < 4.78 is 13.8. The molecule has 0 saturated heterocycles. The maximum absolute atomic E-state index is 13.8. The molecule has 0 bridgehead atoms. The van der Waals surface area contributed by atoms with E-state index in [-0.39, 0.29) is 11.9 Å². The van der Waals surface area contributed by atoms with Crippen LogP contribution in [0.3, 0.4) is 0 Å². The van der Waals surface area contributed by atoms with E-state index in [0.717, 1.165) is 17.5 Å². The van der Waals surface area contributed by atoms with Gasteiger partial charge in [0.05, 0.1) is 0 Å². The summed E-state index contributed by atoms with van der Waals surface area (Å²) in [6.45, 7) is 6.97. The maximum Gasteiger partial charge on any atom is 0.127 e. The average molecular weight is 285 g/mol. The van der Waals surface area contributed by atoms with Crippen LogP contribution in [0.4, 0.5) is 4.39 Å². The number of benzene rings is 2. The van der Waals surface area contributed by atoms with Crippen molar-refractivity contribution in [2.45, 2.75) is 39.8 Å². The fraction of sp³-hybridized carbons (Fsp3) is 0.368. The fourth-order valence-electron chi connectivity index (χ4n) is 2.57. The molecule has 0 saturated carbocycles. The number of halogens is 1. The van der Waals surface area contributed by atoms with E-state index in [2.05, 4.69) is 43.4 Å². The molecule has 0 aliphatic rings. The van der Waals surface area contributed by atoms with E-state index in [1.54, 1.807) is 6.07 Å². The molecule has 0 spiro atoms. The molecule has 2 aromatic carbocycles. The van der Waals surface area contributed by atoms with Crippen LogP contribution in [0.5, 0.6) is 0 Å². The highest BCUT2D eigenvalue weighted by Gasteiger charge is 2.13. The van der Waals surface area contributed by atoms with Crippen LogP contribution in [-0.4, -0.2) is 0 Å². The van der Waals surface area contributed by atoms with Crippen LogP contribution in [0.25, 0.3) is 0 Å². The Kier molecular flexibility index (Phi) is 5.51. The summed E-state index contributed by atoms with van der Waals surface area (Å²) in [6.07, 6.45) is 1.04. The van der Waals surface area contributed by atoms with Gasteiger partial charge in [0.25, 0.3) is 0 Å². The molecule has 2 heteroatoms. The smallest absolute Gasteiger partial charge is 0.127 e. The van der Waals surface area contributed by atoms with Gasteiger partial charge < -0.3 is 5.32 Å². The van der Waals surface area contributed by atoms with Crippen molar-refractivity contribution in [3.05, 3.63) is 71.0 Å². The van der Waals surface area contributed by atoms with Crippen molar-refractivity contribution in [3.63, 3.8) is 0 Å². The minimum Gasteiger partial charge on any atom is -0.306 e. The number of hydrogen-bond donors (Lipinski definition) is 1. The summed E-state index contributed by atoms with van der Waals surface area (Å²) in [4.78, 5) is 0. The Bertz CT molecular complexity index is 563. The zero-order valence-electron chi connectivity index (χ0n) is 13.1. The molecular weight excluding hydrogens is 261 g/mol. The van der Waals surface area contributed by atoms with Crippen molar-refractivity contribution in [2.75, 3.05) is 0 Å². The summed E-state index contributed by atoms with van der Waals surface area (Å²) in [6, 6.07) is 15.9. The van der Waals surface area contributed by atoms with E-state index in [4.69, 9.17) is 0 Å². The standard InChI is InChI=1S/C19H24FN/c1-14(2)11-19(16-7-5-4-6-8-16)21-13-17-12-15(3)9-10-18(17)20/h4-10,12,14,19,21H,11,13H2,1-3H3. The molecule has 1 N–H and O–H groups in total. The zero-order valence-corrected chi connectivity index (χ0v) is 13.1. The summed E-state index contributed by atoms with van der Waals surface area (Å²) in [5, 5.41) is 3.51. The first kappa shape index (κ1) is 15.7. The number of hydrogen-bond acceptors (Lipinski definition) is 1. The average Bonchev–Trinajstić information content (AvgIpc) is 2.47. The number of nitrogens with one attached hydrogen (secondary N) is 1. The van der Waals surface area contributed by atoms with Gasteiger partial charge in [-0.15, -0.1) is 0 Å². The first-order valence-corrected chi connectivity index (χ1v) is 7.59. The fourth-order valence-corrected chi connectivity index (χ4v) is 2.57. The van der Waals surface area contributed by atoms with Gasteiger partial charge in [0.2, 0.25) is 0 Å². The molecular formula is C19H24FN. The summed E-state index contributed by atoms with van der Waals surface area (Å²) in [7, 11) is 0. The van der Waals surface area contributed by atoms with Gasteiger partial charge >= 0.3 is 0 Å². The third-order valence-electron chi connectivity index (χ3n) is 3.65. The number of aryl methyl sites for hydroxylation is 1. The lowest BCUT2D eigenvalue weighted by molar-refractivity contribution is 0.424. The SMILES string of the molecule is Cc1ccc(F)c(CNC(CC(C)C)c2ccccc2)c1. The third kappa shape index (κ3) is 4.68. The quantitative estimate of drug-likeness (QED) is 0.786. The molecule has 1 nitrogen and oxygen atoms in total. The molecule has 0 amide bonds. The van der Waals surface area contributed by atoms with Crippen molar-refractivity contribution < 1.29 is 4.39 Å². The molecule has 2 rings (SSSR count). The van der Waals surface area contributed by atoms with Crippen LogP contribution in [0, 0.1) is 18.7 Å². The first-order valence-electron chi connectivity index (χ1n) is 7.59. The van der Waals surface area contributed by atoms with Gasteiger partial charge in [-0.25, -0.2) is 4.39 Å². The lowest BCUT2D eigenvalue weighted by atomic mass is 9.96. The molecule has 0 heterocycles. The van der Waals surface area contributed by atoms with Gasteiger partial charge in [-0.3, -0.25) is 0 Å². The van der Waals surface area contributed by atoms with Gasteiger partial charge in [-0.1, -0.05) is 61.9 Å². The first-order chi connectivity index (χ1) is 10.1. The summed E-state index contributed by atoms with van der Waals surface area (Å²) in [5.41, 5.74) is 3.09.